The molecule has 1 fully saturated rings. The van der Waals surface area contributed by atoms with Crippen LogP contribution in [0.15, 0.2) is 24.3 Å². The molecule has 1 aliphatic carbocycles. The molecule has 0 radical (unpaired) electrons. The lowest BCUT2D eigenvalue weighted by Crippen LogP contribution is -2.38. The first kappa shape index (κ1) is 20.6. The molecular formula is C22H32N2O4. The number of carbonyl (C=O) groups is 2. The Morgan fingerprint density at radius 2 is 1.89 bits per heavy atom. The summed E-state index contributed by atoms with van der Waals surface area (Å²) >= 11 is 0. The van der Waals surface area contributed by atoms with Gasteiger partial charge in [-0.25, -0.2) is 0 Å². The molecule has 1 saturated carbocycles. The molecule has 0 saturated heterocycles. The number of ether oxygens (including phenoxy) is 2. The molecule has 6 nitrogen and oxygen atoms in total. The van der Waals surface area contributed by atoms with E-state index in [9.17, 15) is 9.59 Å². The lowest BCUT2D eigenvalue weighted by Gasteiger charge is -2.26. The smallest absolute Gasteiger partial charge is 0.220 e. The van der Waals surface area contributed by atoms with Crippen molar-refractivity contribution in [2.75, 3.05) is 26.2 Å². The SMILES string of the molecule is O=CCC1(CC(=O)NCCCCNCC2COc3ccccc3O2)CCCC1. The molecule has 1 aromatic carbocycles. The van der Waals surface area contributed by atoms with Crippen molar-refractivity contribution >= 4 is 12.2 Å². The van der Waals surface area contributed by atoms with E-state index in [2.05, 4.69) is 10.6 Å². The van der Waals surface area contributed by atoms with Crippen molar-refractivity contribution in [2.45, 2.75) is 57.5 Å². The zero-order valence-corrected chi connectivity index (χ0v) is 16.6. The van der Waals surface area contributed by atoms with Gasteiger partial charge >= 0.3 is 0 Å². The van der Waals surface area contributed by atoms with Crippen LogP contribution in [0.4, 0.5) is 0 Å². The van der Waals surface area contributed by atoms with Crippen LogP contribution >= 0.6 is 0 Å². The van der Waals surface area contributed by atoms with Crippen molar-refractivity contribution in [1.29, 1.82) is 0 Å². The summed E-state index contributed by atoms with van der Waals surface area (Å²) in [7, 11) is 0. The average Bonchev–Trinajstić information content (AvgIpc) is 3.15. The van der Waals surface area contributed by atoms with Gasteiger partial charge in [0.05, 0.1) is 0 Å². The number of hydrogen-bond acceptors (Lipinski definition) is 5. The molecule has 1 aliphatic heterocycles. The van der Waals surface area contributed by atoms with E-state index in [0.29, 0.717) is 26.0 Å². The van der Waals surface area contributed by atoms with Gasteiger partial charge in [-0.2, -0.15) is 0 Å². The van der Waals surface area contributed by atoms with E-state index in [1.54, 1.807) is 0 Å². The van der Waals surface area contributed by atoms with Crippen LogP contribution in [0.3, 0.4) is 0 Å². The summed E-state index contributed by atoms with van der Waals surface area (Å²) in [6.45, 7) is 2.87. The maximum atomic E-state index is 12.2. The van der Waals surface area contributed by atoms with Gasteiger partial charge < -0.3 is 24.9 Å². The number of rotatable bonds is 11. The predicted octanol–water partition coefficient (Wildman–Crippen LogP) is 2.85. The van der Waals surface area contributed by atoms with Crippen molar-refractivity contribution in [3.63, 3.8) is 0 Å². The fourth-order valence-electron chi connectivity index (χ4n) is 4.19. The molecule has 0 aromatic heterocycles. The van der Waals surface area contributed by atoms with E-state index in [0.717, 1.165) is 69.4 Å². The van der Waals surface area contributed by atoms with Gasteiger partial charge in [0.1, 0.15) is 19.0 Å². The van der Waals surface area contributed by atoms with Gasteiger partial charge in [0.2, 0.25) is 5.91 Å². The third-order valence-electron chi connectivity index (χ3n) is 5.76. The first-order valence-electron chi connectivity index (χ1n) is 10.5. The van der Waals surface area contributed by atoms with Crippen molar-refractivity contribution in [1.82, 2.24) is 10.6 Å². The molecular weight excluding hydrogens is 356 g/mol. The second-order valence-corrected chi connectivity index (χ2v) is 8.01. The van der Waals surface area contributed by atoms with Crippen molar-refractivity contribution in [3.8, 4) is 11.5 Å². The van der Waals surface area contributed by atoms with Crippen LogP contribution in [0.2, 0.25) is 0 Å². The van der Waals surface area contributed by atoms with E-state index in [1.807, 2.05) is 24.3 Å². The minimum Gasteiger partial charge on any atom is -0.486 e. The lowest BCUT2D eigenvalue weighted by atomic mass is 9.80. The van der Waals surface area contributed by atoms with Crippen LogP contribution in [0.5, 0.6) is 11.5 Å². The standard InChI is InChI=1S/C22H32N2O4/c25-14-11-22(9-3-4-10-22)15-21(26)24-13-6-5-12-23-16-18-17-27-19-7-1-2-8-20(19)28-18/h1-2,7-8,14,18,23H,3-6,9-13,15-17H2,(H,24,26). The minimum atomic E-state index is -0.0753. The molecule has 2 aliphatic rings. The largest absolute Gasteiger partial charge is 0.486 e. The monoisotopic (exact) mass is 388 g/mol. The van der Waals surface area contributed by atoms with Crippen LogP contribution in [-0.2, 0) is 9.59 Å². The number of benzene rings is 1. The predicted molar refractivity (Wildman–Crippen MR) is 108 cm³/mol. The normalized spacial score (nSPS) is 19.9. The van der Waals surface area contributed by atoms with E-state index < -0.39 is 0 Å². The highest BCUT2D eigenvalue weighted by Crippen LogP contribution is 2.43. The average molecular weight is 389 g/mol. The zero-order chi connectivity index (χ0) is 19.7. The maximum absolute atomic E-state index is 12.2. The van der Waals surface area contributed by atoms with Crippen LogP contribution < -0.4 is 20.1 Å². The molecule has 154 valence electrons. The van der Waals surface area contributed by atoms with Gasteiger partial charge in [-0.15, -0.1) is 0 Å². The topological polar surface area (TPSA) is 76.7 Å². The molecule has 1 atom stereocenters. The number of hydrogen-bond donors (Lipinski definition) is 2. The molecule has 1 heterocycles. The molecule has 1 aromatic rings. The van der Waals surface area contributed by atoms with Gasteiger partial charge in [0.15, 0.2) is 11.5 Å². The molecule has 0 spiro atoms. The van der Waals surface area contributed by atoms with Gasteiger partial charge in [-0.3, -0.25) is 4.79 Å². The Morgan fingerprint density at radius 3 is 2.68 bits per heavy atom. The number of nitrogens with one attached hydrogen (secondary N) is 2. The highest BCUT2D eigenvalue weighted by molar-refractivity contribution is 5.77. The summed E-state index contributed by atoms with van der Waals surface area (Å²) < 4.78 is 11.6. The molecule has 1 amide bonds. The number of carbonyl (C=O) groups excluding carboxylic acids is 2. The Labute approximate surface area is 167 Å². The van der Waals surface area contributed by atoms with Crippen LogP contribution in [0.25, 0.3) is 0 Å². The number of para-hydroxylation sites is 2. The van der Waals surface area contributed by atoms with E-state index in [4.69, 9.17) is 9.47 Å². The summed E-state index contributed by atoms with van der Waals surface area (Å²) in [4.78, 5) is 23.1. The van der Waals surface area contributed by atoms with Crippen LogP contribution in [0, 0.1) is 5.41 Å². The van der Waals surface area contributed by atoms with E-state index >= 15 is 0 Å². The van der Waals surface area contributed by atoms with Crippen molar-refractivity contribution in [2.24, 2.45) is 5.41 Å². The first-order valence-corrected chi connectivity index (χ1v) is 10.5. The van der Waals surface area contributed by atoms with E-state index in [1.165, 1.54) is 0 Å². The third kappa shape index (κ3) is 5.96. The Kier molecular flexibility index (Phi) is 7.71. The Balaban J connectivity index is 1.23. The Morgan fingerprint density at radius 1 is 1.14 bits per heavy atom. The third-order valence-corrected chi connectivity index (χ3v) is 5.76. The fourth-order valence-corrected chi connectivity index (χ4v) is 4.19. The number of amides is 1. The highest BCUT2D eigenvalue weighted by atomic mass is 16.6. The van der Waals surface area contributed by atoms with Crippen LogP contribution in [0.1, 0.15) is 51.4 Å². The van der Waals surface area contributed by atoms with Gasteiger partial charge in [-0.05, 0) is 49.8 Å². The molecule has 1 unspecified atom stereocenters. The first-order chi connectivity index (χ1) is 13.7. The second-order valence-electron chi connectivity index (χ2n) is 8.01. The van der Waals surface area contributed by atoms with Gasteiger partial charge in [0.25, 0.3) is 0 Å². The lowest BCUT2D eigenvalue weighted by molar-refractivity contribution is -0.123. The fraction of sp³-hybridized carbons (Fsp3) is 0.636. The molecule has 2 N–H and O–H groups in total. The number of fused-ring (bicyclic) bond motifs is 1. The van der Waals surface area contributed by atoms with Crippen molar-refractivity contribution < 1.29 is 19.1 Å². The summed E-state index contributed by atoms with van der Waals surface area (Å²) in [5.41, 5.74) is -0.0753. The Hall–Kier alpha value is -2.08. The molecule has 3 rings (SSSR count). The number of aldehydes is 1. The second kappa shape index (κ2) is 10.5. The quantitative estimate of drug-likeness (QED) is 0.450. The number of unbranched alkanes of at least 4 members (excludes halogenated alkanes) is 1. The van der Waals surface area contributed by atoms with Gasteiger partial charge in [-0.1, -0.05) is 25.0 Å². The Bertz CT molecular complexity index is 643. The summed E-state index contributed by atoms with van der Waals surface area (Å²) in [5.74, 6) is 1.70. The summed E-state index contributed by atoms with van der Waals surface area (Å²) in [6.07, 6.45) is 8.20. The summed E-state index contributed by atoms with van der Waals surface area (Å²) in [6, 6.07) is 7.73. The highest BCUT2D eigenvalue weighted by Gasteiger charge is 2.35. The van der Waals surface area contributed by atoms with Gasteiger partial charge in [0, 0.05) is 25.9 Å². The maximum Gasteiger partial charge on any atom is 0.220 e. The molecule has 6 heteroatoms. The summed E-state index contributed by atoms with van der Waals surface area (Å²) in [5, 5.41) is 6.42. The zero-order valence-electron chi connectivity index (χ0n) is 16.6. The van der Waals surface area contributed by atoms with Crippen LogP contribution in [-0.4, -0.2) is 44.5 Å². The molecule has 28 heavy (non-hydrogen) atoms. The van der Waals surface area contributed by atoms with E-state index in [-0.39, 0.29) is 17.4 Å². The molecule has 0 bridgehead atoms. The minimum absolute atomic E-state index is 0.0232. The van der Waals surface area contributed by atoms with Crippen molar-refractivity contribution in [3.05, 3.63) is 24.3 Å².